The molecule has 0 aromatic heterocycles. The molecule has 6 heteroatoms. The van der Waals surface area contributed by atoms with E-state index in [9.17, 15) is 14.0 Å². The van der Waals surface area contributed by atoms with E-state index < -0.39 is 11.8 Å². The predicted octanol–water partition coefficient (Wildman–Crippen LogP) is 1.57. The van der Waals surface area contributed by atoms with Crippen molar-refractivity contribution in [2.45, 2.75) is 25.3 Å². The van der Waals surface area contributed by atoms with Gasteiger partial charge in [-0.15, -0.1) is 0 Å². The van der Waals surface area contributed by atoms with Crippen LogP contribution in [0, 0.1) is 5.82 Å². The molecule has 2 rings (SSSR count). The number of amides is 1. The zero-order valence-corrected chi connectivity index (χ0v) is 10.2. The lowest BCUT2D eigenvalue weighted by Crippen LogP contribution is -2.26. The van der Waals surface area contributed by atoms with Crippen molar-refractivity contribution in [3.63, 3.8) is 0 Å². The Hall–Kier alpha value is -2.11. The van der Waals surface area contributed by atoms with Crippen molar-refractivity contribution in [1.82, 2.24) is 5.32 Å². The number of carbonyl (C=O) groups is 2. The molecule has 0 heterocycles. The number of carboxylic acid groups (broad SMARTS) is 1. The van der Waals surface area contributed by atoms with Gasteiger partial charge >= 0.3 is 5.97 Å². The van der Waals surface area contributed by atoms with Crippen LogP contribution in [-0.2, 0) is 4.79 Å². The molecule has 102 valence electrons. The normalized spacial score (nSPS) is 13.9. The van der Waals surface area contributed by atoms with E-state index >= 15 is 0 Å². The molecule has 0 unspecified atom stereocenters. The molecule has 1 aromatic rings. The molecule has 19 heavy (non-hydrogen) atoms. The number of hydrogen-bond donors (Lipinski definition) is 2. The average Bonchev–Trinajstić information content (AvgIpc) is 3.12. The minimum absolute atomic E-state index is 0.0844. The van der Waals surface area contributed by atoms with Crippen LogP contribution in [0.15, 0.2) is 18.2 Å². The molecule has 0 aliphatic heterocycles. The van der Waals surface area contributed by atoms with Crippen molar-refractivity contribution in [3.8, 4) is 5.75 Å². The second kappa shape index (κ2) is 5.69. The minimum Gasteiger partial charge on any atom is -0.493 e. The summed E-state index contributed by atoms with van der Waals surface area (Å²) in [5.41, 5.74) is -0.183. The summed E-state index contributed by atoms with van der Waals surface area (Å²) in [4.78, 5) is 22.1. The van der Waals surface area contributed by atoms with Crippen molar-refractivity contribution in [1.29, 1.82) is 0 Å². The molecule has 1 aromatic carbocycles. The highest BCUT2D eigenvalue weighted by atomic mass is 19.1. The smallest absolute Gasteiger partial charge is 0.335 e. The molecular weight excluding hydrogens is 253 g/mol. The van der Waals surface area contributed by atoms with Gasteiger partial charge in [-0.25, -0.2) is 9.18 Å². The Morgan fingerprint density at radius 3 is 2.74 bits per heavy atom. The van der Waals surface area contributed by atoms with Crippen LogP contribution in [0.4, 0.5) is 4.39 Å². The predicted molar refractivity (Wildman–Crippen MR) is 64.6 cm³/mol. The van der Waals surface area contributed by atoms with Crippen LogP contribution < -0.4 is 10.1 Å². The van der Waals surface area contributed by atoms with E-state index in [-0.39, 0.29) is 30.2 Å². The third-order valence-electron chi connectivity index (χ3n) is 2.66. The molecular formula is C13H14FNO4. The van der Waals surface area contributed by atoms with Gasteiger partial charge in [0.25, 0.3) is 0 Å². The van der Waals surface area contributed by atoms with E-state index in [1.165, 1.54) is 6.07 Å². The maximum atomic E-state index is 13.1. The number of benzene rings is 1. The first-order valence-corrected chi connectivity index (χ1v) is 6.00. The molecule has 0 atom stereocenters. The first-order chi connectivity index (χ1) is 9.04. The maximum Gasteiger partial charge on any atom is 0.335 e. The highest BCUT2D eigenvalue weighted by Crippen LogP contribution is 2.19. The van der Waals surface area contributed by atoms with E-state index in [4.69, 9.17) is 9.84 Å². The van der Waals surface area contributed by atoms with E-state index in [1.807, 2.05) is 0 Å². The maximum absolute atomic E-state index is 13.1. The van der Waals surface area contributed by atoms with Gasteiger partial charge in [0.15, 0.2) is 0 Å². The van der Waals surface area contributed by atoms with Gasteiger partial charge in [-0.05, 0) is 25.0 Å². The lowest BCUT2D eigenvalue weighted by atomic mass is 10.2. The van der Waals surface area contributed by atoms with Crippen LogP contribution >= 0.6 is 0 Å². The molecule has 1 aliphatic rings. The van der Waals surface area contributed by atoms with Crippen LogP contribution in [-0.4, -0.2) is 29.6 Å². The van der Waals surface area contributed by atoms with Gasteiger partial charge in [0.2, 0.25) is 5.91 Å². The highest BCUT2D eigenvalue weighted by molar-refractivity contribution is 5.88. The van der Waals surface area contributed by atoms with E-state index in [1.54, 1.807) is 0 Å². The van der Waals surface area contributed by atoms with Gasteiger partial charge in [0, 0.05) is 12.1 Å². The number of aromatic carboxylic acids is 1. The number of halogens is 1. The Bertz CT molecular complexity index is 499. The van der Waals surface area contributed by atoms with Crippen LogP contribution in [0.5, 0.6) is 5.75 Å². The van der Waals surface area contributed by atoms with Crippen molar-refractivity contribution >= 4 is 11.9 Å². The number of nitrogens with one attached hydrogen (secondary N) is 1. The molecule has 1 saturated carbocycles. The molecule has 0 bridgehead atoms. The van der Waals surface area contributed by atoms with Crippen molar-refractivity contribution in [3.05, 3.63) is 29.6 Å². The molecule has 5 nitrogen and oxygen atoms in total. The van der Waals surface area contributed by atoms with Crippen molar-refractivity contribution in [2.75, 3.05) is 6.61 Å². The fourth-order valence-electron chi connectivity index (χ4n) is 1.56. The molecule has 2 N–H and O–H groups in total. The van der Waals surface area contributed by atoms with E-state index in [0.717, 1.165) is 25.0 Å². The van der Waals surface area contributed by atoms with Gasteiger partial charge in [-0.3, -0.25) is 4.79 Å². The molecule has 0 radical (unpaired) electrons. The van der Waals surface area contributed by atoms with E-state index in [0.29, 0.717) is 6.04 Å². The zero-order valence-electron chi connectivity index (χ0n) is 10.2. The summed E-state index contributed by atoms with van der Waals surface area (Å²) >= 11 is 0. The Labute approximate surface area is 109 Å². The summed E-state index contributed by atoms with van der Waals surface area (Å²) in [5.74, 6) is -1.91. The zero-order chi connectivity index (χ0) is 13.8. The third-order valence-corrected chi connectivity index (χ3v) is 2.66. The average molecular weight is 267 g/mol. The van der Waals surface area contributed by atoms with Crippen LogP contribution in [0.2, 0.25) is 0 Å². The number of hydrogen-bond acceptors (Lipinski definition) is 3. The van der Waals surface area contributed by atoms with Crippen LogP contribution in [0.25, 0.3) is 0 Å². The highest BCUT2D eigenvalue weighted by Gasteiger charge is 2.22. The lowest BCUT2D eigenvalue weighted by Gasteiger charge is -2.07. The monoisotopic (exact) mass is 267 g/mol. The first kappa shape index (κ1) is 13.3. The second-order valence-electron chi connectivity index (χ2n) is 4.42. The first-order valence-electron chi connectivity index (χ1n) is 6.00. The number of carbonyl (C=O) groups excluding carboxylic acids is 1. The Kier molecular flexibility index (Phi) is 3.99. The van der Waals surface area contributed by atoms with Crippen molar-refractivity contribution in [2.24, 2.45) is 0 Å². The molecule has 1 amide bonds. The number of carboxylic acids is 1. The summed E-state index contributed by atoms with van der Waals surface area (Å²) in [7, 11) is 0. The molecule has 1 fully saturated rings. The van der Waals surface area contributed by atoms with Gasteiger partial charge in [0.1, 0.15) is 11.6 Å². The van der Waals surface area contributed by atoms with Gasteiger partial charge in [-0.1, -0.05) is 0 Å². The molecule has 1 aliphatic carbocycles. The van der Waals surface area contributed by atoms with Crippen LogP contribution in [0.1, 0.15) is 29.6 Å². The summed E-state index contributed by atoms with van der Waals surface area (Å²) in [6.07, 6.45) is 2.19. The fraction of sp³-hybridized carbons (Fsp3) is 0.385. The third kappa shape index (κ3) is 4.24. The van der Waals surface area contributed by atoms with E-state index in [2.05, 4.69) is 5.32 Å². The Morgan fingerprint density at radius 2 is 2.11 bits per heavy atom. The summed E-state index contributed by atoms with van der Waals surface area (Å²) in [6.45, 7) is 0.0844. The van der Waals surface area contributed by atoms with Gasteiger partial charge < -0.3 is 15.2 Å². The lowest BCUT2D eigenvalue weighted by molar-refractivity contribution is -0.121. The summed E-state index contributed by atoms with van der Waals surface area (Å²) in [5, 5.41) is 11.6. The fourth-order valence-corrected chi connectivity index (χ4v) is 1.56. The summed E-state index contributed by atoms with van der Waals surface area (Å²) < 4.78 is 18.3. The Morgan fingerprint density at radius 1 is 1.37 bits per heavy atom. The van der Waals surface area contributed by atoms with Gasteiger partial charge in [-0.2, -0.15) is 0 Å². The number of ether oxygens (including phenoxy) is 1. The van der Waals surface area contributed by atoms with Gasteiger partial charge in [0.05, 0.1) is 18.6 Å². The minimum atomic E-state index is -1.23. The van der Waals surface area contributed by atoms with Crippen molar-refractivity contribution < 1.29 is 23.8 Å². The number of rotatable bonds is 6. The quantitative estimate of drug-likeness (QED) is 0.820. The topological polar surface area (TPSA) is 75.6 Å². The molecule has 0 saturated heterocycles. The standard InChI is InChI=1S/C13H14FNO4/c14-9-5-8(13(17)18)6-11(7-9)19-4-3-12(16)15-10-1-2-10/h5-7,10H,1-4H2,(H,15,16)(H,17,18). The summed E-state index contributed by atoms with van der Waals surface area (Å²) in [6, 6.07) is 3.52. The van der Waals surface area contributed by atoms with Crippen LogP contribution in [0.3, 0.4) is 0 Å². The Balaban J connectivity index is 1.84. The molecule has 0 spiro atoms. The largest absolute Gasteiger partial charge is 0.493 e. The SMILES string of the molecule is O=C(CCOc1cc(F)cc(C(=O)O)c1)NC1CC1. The second-order valence-corrected chi connectivity index (χ2v) is 4.42.